The van der Waals surface area contributed by atoms with Gasteiger partial charge in [0.2, 0.25) is 0 Å². The summed E-state index contributed by atoms with van der Waals surface area (Å²) in [7, 11) is 0. The lowest BCUT2D eigenvalue weighted by atomic mass is 10.1. The fraction of sp³-hybridized carbons (Fsp3) is 1.00. The van der Waals surface area contributed by atoms with Crippen LogP contribution in [0.25, 0.3) is 0 Å². The van der Waals surface area contributed by atoms with Crippen LogP contribution in [-0.2, 0) is 0 Å². The fourth-order valence-corrected chi connectivity index (χ4v) is 1.97. The predicted molar refractivity (Wildman–Crippen MR) is 77.5 cm³/mol. The molecule has 0 saturated heterocycles. The maximum absolute atomic E-state index is 9.86. The maximum Gasteiger partial charge on any atom is 0.109 e. The van der Waals surface area contributed by atoms with Gasteiger partial charge in [0.25, 0.3) is 0 Å². The molecule has 0 amide bonds. The third-order valence-electron chi connectivity index (χ3n) is 3.34. The molecule has 8 nitrogen and oxygen atoms in total. The van der Waals surface area contributed by atoms with E-state index >= 15 is 0 Å². The molecule has 0 saturated carbocycles. The third kappa shape index (κ3) is 9.33. The van der Waals surface area contributed by atoms with E-state index in [1.54, 1.807) is 0 Å². The topological polar surface area (TPSA) is 151 Å². The zero-order chi connectivity index (χ0) is 16.3. The lowest BCUT2D eigenvalue weighted by Gasteiger charge is -2.29. The molecule has 8 N–H and O–H groups in total. The highest BCUT2D eigenvalue weighted by Crippen LogP contribution is 2.06. The van der Waals surface area contributed by atoms with E-state index in [0.717, 1.165) is 0 Å². The van der Waals surface area contributed by atoms with Crippen molar-refractivity contribution in [3.63, 3.8) is 0 Å². The Labute approximate surface area is 125 Å². The molecule has 0 aromatic rings. The highest BCUT2D eigenvalue weighted by molar-refractivity contribution is 4.78. The van der Waals surface area contributed by atoms with Crippen molar-refractivity contribution in [1.82, 2.24) is 4.90 Å². The molecule has 0 aliphatic carbocycles. The molecule has 0 aromatic heterocycles. The first-order chi connectivity index (χ1) is 9.96. The molecular formula is C13H30N2O6. The molecule has 0 aliphatic heterocycles. The molecule has 1 unspecified atom stereocenters. The molecule has 4 atom stereocenters. The van der Waals surface area contributed by atoms with Crippen LogP contribution in [0.15, 0.2) is 0 Å². The molecule has 0 spiro atoms. The summed E-state index contributed by atoms with van der Waals surface area (Å²) in [4.78, 5) is 1.82. The minimum absolute atomic E-state index is 0.0893. The van der Waals surface area contributed by atoms with Gasteiger partial charge in [-0.1, -0.05) is 0 Å². The number of nitrogens with zero attached hydrogens (tertiary/aromatic N) is 1. The molecule has 0 aromatic carbocycles. The second kappa shape index (κ2) is 12.2. The molecule has 0 bridgehead atoms. The first-order valence-corrected chi connectivity index (χ1v) is 7.32. The van der Waals surface area contributed by atoms with Gasteiger partial charge < -0.3 is 41.3 Å². The Bertz CT molecular complexity index is 247. The van der Waals surface area contributed by atoms with Gasteiger partial charge in [-0.2, -0.15) is 0 Å². The minimum atomic E-state index is -1.43. The van der Waals surface area contributed by atoms with Crippen molar-refractivity contribution in [2.75, 3.05) is 39.4 Å². The van der Waals surface area contributed by atoms with Gasteiger partial charge in [0.1, 0.15) is 12.2 Å². The van der Waals surface area contributed by atoms with Gasteiger partial charge in [0, 0.05) is 19.7 Å². The smallest absolute Gasteiger partial charge is 0.109 e. The normalized spacial score (nSPS) is 17.7. The van der Waals surface area contributed by atoms with E-state index in [4.69, 9.17) is 15.9 Å². The number of nitrogens with two attached hydrogens (primary N) is 1. The van der Waals surface area contributed by atoms with Crippen LogP contribution >= 0.6 is 0 Å². The molecule has 128 valence electrons. The van der Waals surface area contributed by atoms with Crippen LogP contribution in [0.1, 0.15) is 19.3 Å². The summed E-state index contributed by atoms with van der Waals surface area (Å²) in [5, 5.41) is 55.9. The van der Waals surface area contributed by atoms with Crippen LogP contribution < -0.4 is 5.73 Å². The molecule has 0 heterocycles. The zero-order valence-electron chi connectivity index (χ0n) is 12.4. The van der Waals surface area contributed by atoms with Crippen molar-refractivity contribution < 1.29 is 30.6 Å². The molecule has 0 aliphatic rings. The number of aliphatic hydroxyl groups excluding tert-OH is 6. The summed E-state index contributed by atoms with van der Waals surface area (Å²) in [6, 6.07) is 0. The van der Waals surface area contributed by atoms with E-state index in [2.05, 4.69) is 0 Å². The number of rotatable bonds is 13. The van der Waals surface area contributed by atoms with E-state index in [1.165, 1.54) is 0 Å². The number of aliphatic hydroxyl groups is 6. The van der Waals surface area contributed by atoms with Crippen LogP contribution in [0.4, 0.5) is 0 Å². The average molecular weight is 310 g/mol. The molecular weight excluding hydrogens is 280 g/mol. The summed E-state index contributed by atoms with van der Waals surface area (Å²) >= 11 is 0. The Morgan fingerprint density at radius 3 is 2.10 bits per heavy atom. The van der Waals surface area contributed by atoms with Crippen LogP contribution in [0.2, 0.25) is 0 Å². The van der Waals surface area contributed by atoms with Crippen molar-refractivity contribution >= 4 is 0 Å². The van der Waals surface area contributed by atoms with Crippen molar-refractivity contribution in [1.29, 1.82) is 0 Å². The van der Waals surface area contributed by atoms with Gasteiger partial charge in [-0.15, -0.1) is 0 Å². The highest BCUT2D eigenvalue weighted by atomic mass is 16.4. The van der Waals surface area contributed by atoms with Crippen molar-refractivity contribution in [3.05, 3.63) is 0 Å². The molecule has 0 fully saturated rings. The molecule has 0 radical (unpaired) electrons. The highest BCUT2D eigenvalue weighted by Gasteiger charge is 2.25. The third-order valence-corrected chi connectivity index (χ3v) is 3.34. The van der Waals surface area contributed by atoms with Crippen LogP contribution in [0.5, 0.6) is 0 Å². The second-order valence-corrected chi connectivity index (χ2v) is 5.21. The lowest BCUT2D eigenvalue weighted by Crippen LogP contribution is -2.46. The van der Waals surface area contributed by atoms with E-state index in [0.29, 0.717) is 38.9 Å². The Kier molecular flexibility index (Phi) is 12.1. The fourth-order valence-electron chi connectivity index (χ4n) is 1.97. The van der Waals surface area contributed by atoms with Crippen LogP contribution in [0, 0.1) is 0 Å². The average Bonchev–Trinajstić information content (AvgIpc) is 2.48. The Balaban J connectivity index is 4.32. The Morgan fingerprint density at radius 2 is 1.57 bits per heavy atom. The van der Waals surface area contributed by atoms with Gasteiger partial charge >= 0.3 is 0 Å². The van der Waals surface area contributed by atoms with Crippen LogP contribution in [0.3, 0.4) is 0 Å². The number of hydrogen-bond donors (Lipinski definition) is 7. The Hall–Kier alpha value is -0.320. The van der Waals surface area contributed by atoms with E-state index in [-0.39, 0.29) is 13.2 Å². The quantitative estimate of drug-likeness (QED) is 0.188. The monoisotopic (exact) mass is 310 g/mol. The molecule has 8 heteroatoms. The van der Waals surface area contributed by atoms with Gasteiger partial charge in [-0.3, -0.25) is 0 Å². The summed E-state index contributed by atoms with van der Waals surface area (Å²) in [6.07, 6.45) is -3.24. The SMILES string of the molecule is NCCCN(CC[C@@H](O)CCO)C[C@H](O)[C@@H](O)C(O)CO. The Morgan fingerprint density at radius 1 is 0.905 bits per heavy atom. The van der Waals surface area contributed by atoms with Gasteiger partial charge in [-0.05, 0) is 32.4 Å². The summed E-state index contributed by atoms with van der Waals surface area (Å²) in [6.45, 7) is 0.920. The number of hydrogen-bond acceptors (Lipinski definition) is 8. The second-order valence-electron chi connectivity index (χ2n) is 5.21. The van der Waals surface area contributed by atoms with Crippen molar-refractivity contribution in [3.8, 4) is 0 Å². The van der Waals surface area contributed by atoms with E-state index in [9.17, 15) is 20.4 Å². The lowest BCUT2D eigenvalue weighted by molar-refractivity contribution is -0.0846. The predicted octanol–water partition coefficient (Wildman–Crippen LogP) is -3.15. The zero-order valence-corrected chi connectivity index (χ0v) is 12.4. The minimum Gasteiger partial charge on any atom is -0.396 e. The standard InChI is InChI=1S/C13H30N2O6/c14-4-1-5-15(6-2-10(18)3-7-16)8-11(19)13(21)12(20)9-17/h10-13,16-21H,1-9,14H2/t10-,11+,12?,13-/m1/s1. The first kappa shape index (κ1) is 20.7. The largest absolute Gasteiger partial charge is 0.396 e. The first-order valence-electron chi connectivity index (χ1n) is 7.32. The van der Waals surface area contributed by atoms with Gasteiger partial charge in [-0.25, -0.2) is 0 Å². The van der Waals surface area contributed by atoms with Gasteiger partial charge in [0.05, 0.1) is 18.8 Å². The maximum atomic E-state index is 9.86. The summed E-state index contributed by atoms with van der Waals surface area (Å²) in [5.74, 6) is 0. The molecule has 21 heavy (non-hydrogen) atoms. The van der Waals surface area contributed by atoms with Crippen molar-refractivity contribution in [2.45, 2.75) is 43.7 Å². The van der Waals surface area contributed by atoms with Crippen molar-refractivity contribution in [2.24, 2.45) is 5.73 Å². The summed E-state index contributed by atoms with van der Waals surface area (Å²) in [5.41, 5.74) is 5.45. The van der Waals surface area contributed by atoms with Crippen LogP contribution in [-0.4, -0.2) is 99.3 Å². The van der Waals surface area contributed by atoms with E-state index < -0.39 is 31.0 Å². The molecule has 0 rings (SSSR count). The van der Waals surface area contributed by atoms with Gasteiger partial charge in [0.15, 0.2) is 0 Å². The van der Waals surface area contributed by atoms with E-state index in [1.807, 2.05) is 4.90 Å². The summed E-state index contributed by atoms with van der Waals surface area (Å²) < 4.78 is 0.